The Balaban J connectivity index is 2.46. The Morgan fingerprint density at radius 3 is 2.81 bits per heavy atom. The first-order valence-corrected chi connectivity index (χ1v) is 7.50. The highest BCUT2D eigenvalue weighted by Gasteiger charge is 2.15. The van der Waals surface area contributed by atoms with Crippen LogP contribution in [0.5, 0.6) is 0 Å². The summed E-state index contributed by atoms with van der Waals surface area (Å²) in [7, 11) is 3.36. The summed E-state index contributed by atoms with van der Waals surface area (Å²) in [5.74, 6) is 0.730. The SMILES string of the molecule is CCSc1cccc(-n2ccc(C(=O)N(C)C)n2)c1C#N. The molecule has 0 saturated carbocycles. The number of thioether (sulfide) groups is 1. The second-order valence-electron chi connectivity index (χ2n) is 4.54. The minimum Gasteiger partial charge on any atom is -0.343 e. The molecule has 1 amide bonds. The van der Waals surface area contributed by atoms with Crippen LogP contribution in [0, 0.1) is 11.3 Å². The highest BCUT2D eigenvalue weighted by Crippen LogP contribution is 2.26. The monoisotopic (exact) mass is 300 g/mol. The van der Waals surface area contributed by atoms with Gasteiger partial charge in [-0.05, 0) is 24.0 Å². The van der Waals surface area contributed by atoms with Crippen LogP contribution in [0.1, 0.15) is 23.0 Å². The molecule has 6 heteroatoms. The van der Waals surface area contributed by atoms with Gasteiger partial charge in [0.05, 0.1) is 11.3 Å². The highest BCUT2D eigenvalue weighted by molar-refractivity contribution is 7.99. The fraction of sp³-hybridized carbons (Fsp3) is 0.267. The van der Waals surface area contributed by atoms with Crippen LogP contribution in [0.2, 0.25) is 0 Å². The van der Waals surface area contributed by atoms with Crippen molar-refractivity contribution < 1.29 is 4.79 Å². The molecule has 0 aliphatic rings. The van der Waals surface area contributed by atoms with E-state index in [2.05, 4.69) is 11.2 Å². The second-order valence-corrected chi connectivity index (χ2v) is 5.85. The molecule has 0 bridgehead atoms. The molecule has 0 aliphatic heterocycles. The molecule has 1 aromatic carbocycles. The largest absolute Gasteiger partial charge is 0.343 e. The third kappa shape index (κ3) is 3.09. The maximum absolute atomic E-state index is 11.9. The van der Waals surface area contributed by atoms with Crippen molar-refractivity contribution in [2.24, 2.45) is 0 Å². The van der Waals surface area contributed by atoms with Gasteiger partial charge in [0.1, 0.15) is 6.07 Å². The Kier molecular flexibility index (Phi) is 4.66. The number of benzene rings is 1. The molecule has 1 heterocycles. The van der Waals surface area contributed by atoms with Crippen molar-refractivity contribution in [3.05, 3.63) is 41.7 Å². The Morgan fingerprint density at radius 2 is 2.19 bits per heavy atom. The van der Waals surface area contributed by atoms with E-state index in [1.54, 1.807) is 42.8 Å². The van der Waals surface area contributed by atoms with Crippen molar-refractivity contribution in [3.63, 3.8) is 0 Å². The molecule has 0 fully saturated rings. The lowest BCUT2D eigenvalue weighted by atomic mass is 10.2. The normalized spacial score (nSPS) is 10.2. The molecule has 0 aliphatic carbocycles. The summed E-state index contributed by atoms with van der Waals surface area (Å²) in [4.78, 5) is 14.3. The Bertz CT molecular complexity index is 700. The van der Waals surface area contributed by atoms with Crippen molar-refractivity contribution in [3.8, 4) is 11.8 Å². The van der Waals surface area contributed by atoms with Crippen LogP contribution in [0.4, 0.5) is 0 Å². The van der Waals surface area contributed by atoms with Gasteiger partial charge in [-0.1, -0.05) is 13.0 Å². The van der Waals surface area contributed by atoms with E-state index in [-0.39, 0.29) is 5.91 Å². The Hall–Kier alpha value is -2.26. The average Bonchev–Trinajstić information content (AvgIpc) is 2.96. The Morgan fingerprint density at radius 1 is 1.43 bits per heavy atom. The average molecular weight is 300 g/mol. The lowest BCUT2D eigenvalue weighted by Gasteiger charge is -2.09. The van der Waals surface area contributed by atoms with E-state index < -0.39 is 0 Å². The first-order valence-electron chi connectivity index (χ1n) is 6.52. The van der Waals surface area contributed by atoms with Gasteiger partial charge in [-0.25, -0.2) is 4.68 Å². The van der Waals surface area contributed by atoms with E-state index in [4.69, 9.17) is 0 Å². The van der Waals surface area contributed by atoms with Crippen molar-refractivity contribution in [2.45, 2.75) is 11.8 Å². The predicted molar refractivity (Wildman–Crippen MR) is 82.7 cm³/mol. The van der Waals surface area contributed by atoms with Crippen molar-refractivity contribution in [1.29, 1.82) is 5.26 Å². The number of carbonyl (C=O) groups excluding carboxylic acids is 1. The topological polar surface area (TPSA) is 61.9 Å². The van der Waals surface area contributed by atoms with Crippen molar-refractivity contribution in [1.82, 2.24) is 14.7 Å². The molecule has 0 unspecified atom stereocenters. The third-order valence-corrected chi connectivity index (χ3v) is 3.82. The molecule has 1 aromatic heterocycles. The first-order chi connectivity index (χ1) is 10.1. The van der Waals surface area contributed by atoms with Crippen LogP contribution >= 0.6 is 11.8 Å². The first kappa shape index (κ1) is 15.1. The summed E-state index contributed by atoms with van der Waals surface area (Å²) in [5, 5.41) is 13.7. The molecule has 0 N–H and O–H groups in total. The van der Waals surface area contributed by atoms with Crippen LogP contribution < -0.4 is 0 Å². The summed E-state index contributed by atoms with van der Waals surface area (Å²) in [6.07, 6.45) is 1.70. The lowest BCUT2D eigenvalue weighted by molar-refractivity contribution is 0.0821. The number of rotatable bonds is 4. The molecule has 0 spiro atoms. The van der Waals surface area contributed by atoms with Crippen molar-refractivity contribution in [2.75, 3.05) is 19.8 Å². The van der Waals surface area contributed by atoms with Crippen LogP contribution in [0.15, 0.2) is 35.4 Å². The summed E-state index contributed by atoms with van der Waals surface area (Å²) in [5.41, 5.74) is 1.63. The summed E-state index contributed by atoms with van der Waals surface area (Å²) < 4.78 is 1.58. The van der Waals surface area contributed by atoms with E-state index in [1.165, 1.54) is 4.90 Å². The molecule has 2 aromatic rings. The molecule has 5 nitrogen and oxygen atoms in total. The van der Waals surface area contributed by atoms with Crippen LogP contribution in [0.3, 0.4) is 0 Å². The maximum Gasteiger partial charge on any atom is 0.273 e. The molecule has 0 radical (unpaired) electrons. The number of nitrogens with zero attached hydrogens (tertiary/aromatic N) is 4. The number of nitriles is 1. The lowest BCUT2D eigenvalue weighted by Crippen LogP contribution is -2.22. The molecule has 0 saturated heterocycles. The zero-order valence-electron chi connectivity index (χ0n) is 12.2. The van der Waals surface area contributed by atoms with Gasteiger partial charge in [0.2, 0.25) is 0 Å². The van der Waals surface area contributed by atoms with Gasteiger partial charge in [0.15, 0.2) is 5.69 Å². The molecular formula is C15H16N4OS. The van der Waals surface area contributed by atoms with Gasteiger partial charge in [0, 0.05) is 25.2 Å². The van der Waals surface area contributed by atoms with E-state index >= 15 is 0 Å². The van der Waals surface area contributed by atoms with Crippen LogP contribution in [-0.4, -0.2) is 40.4 Å². The molecule has 2 rings (SSSR count). The van der Waals surface area contributed by atoms with Crippen LogP contribution in [0.25, 0.3) is 5.69 Å². The fourth-order valence-corrected chi connectivity index (χ4v) is 2.68. The van der Waals surface area contributed by atoms with Gasteiger partial charge < -0.3 is 4.90 Å². The quantitative estimate of drug-likeness (QED) is 0.814. The number of hydrogen-bond acceptors (Lipinski definition) is 4. The standard InChI is InChI=1S/C15H16N4OS/c1-4-21-14-7-5-6-13(11(14)10-16)19-9-8-12(17-19)15(20)18(2)3/h5-9H,4H2,1-3H3. The van der Waals surface area contributed by atoms with Crippen LogP contribution in [-0.2, 0) is 0 Å². The van der Waals surface area contributed by atoms with Gasteiger partial charge in [-0.2, -0.15) is 10.4 Å². The van der Waals surface area contributed by atoms with E-state index in [0.717, 1.165) is 10.6 Å². The number of hydrogen-bond donors (Lipinski definition) is 0. The molecule has 0 atom stereocenters. The minimum atomic E-state index is -0.161. The van der Waals surface area contributed by atoms with Gasteiger partial charge >= 0.3 is 0 Å². The number of carbonyl (C=O) groups is 1. The number of aromatic nitrogens is 2. The summed E-state index contributed by atoms with van der Waals surface area (Å²) in [6, 6.07) is 9.53. The smallest absolute Gasteiger partial charge is 0.273 e. The third-order valence-electron chi connectivity index (χ3n) is 2.88. The molecule has 21 heavy (non-hydrogen) atoms. The zero-order valence-corrected chi connectivity index (χ0v) is 13.0. The van der Waals surface area contributed by atoms with E-state index in [0.29, 0.717) is 16.9 Å². The highest BCUT2D eigenvalue weighted by atomic mass is 32.2. The minimum absolute atomic E-state index is 0.161. The predicted octanol–water partition coefficient (Wildman–Crippen LogP) is 2.56. The molecule has 108 valence electrons. The second kappa shape index (κ2) is 6.46. The summed E-state index contributed by atoms with van der Waals surface area (Å²) >= 11 is 1.61. The Labute approximate surface area is 128 Å². The maximum atomic E-state index is 11.9. The zero-order chi connectivity index (χ0) is 15.4. The van der Waals surface area contributed by atoms with Gasteiger partial charge in [0.25, 0.3) is 5.91 Å². The fourth-order valence-electron chi connectivity index (χ4n) is 1.90. The van der Waals surface area contributed by atoms with E-state index in [9.17, 15) is 10.1 Å². The number of amides is 1. The van der Waals surface area contributed by atoms with Gasteiger partial charge in [-0.15, -0.1) is 11.8 Å². The van der Waals surface area contributed by atoms with E-state index in [1.807, 2.05) is 25.1 Å². The summed E-state index contributed by atoms with van der Waals surface area (Å²) in [6.45, 7) is 2.04. The van der Waals surface area contributed by atoms with Crippen molar-refractivity contribution >= 4 is 17.7 Å². The van der Waals surface area contributed by atoms with Gasteiger partial charge in [-0.3, -0.25) is 4.79 Å². The molecular weight excluding hydrogens is 284 g/mol.